The molecule has 0 bridgehead atoms. The second-order valence-corrected chi connectivity index (χ2v) is 8.86. The lowest BCUT2D eigenvalue weighted by atomic mass is 9.80. The largest absolute Gasteiger partial charge is 0.699 e. The highest BCUT2D eigenvalue weighted by Crippen LogP contribution is 2.47. The van der Waals surface area contributed by atoms with Gasteiger partial charge in [0.15, 0.2) is 0 Å². The standard InChI is InChI=1S/C20H38O7P/c1-11-24-17(21)19(13(3)4,14(5)6)26-28(23)27-20(15(7)8,16(9)10)18(22)25-12-2/h13-16H,11-12H2,1-10H3/q+1. The lowest BCUT2D eigenvalue weighted by Gasteiger charge is -2.35. The third-order valence-electron chi connectivity index (χ3n) is 5.07. The molecule has 0 rings (SSSR count). The van der Waals surface area contributed by atoms with Crippen LogP contribution in [-0.4, -0.2) is 36.4 Å². The molecule has 7 nitrogen and oxygen atoms in total. The van der Waals surface area contributed by atoms with Gasteiger partial charge in [-0.3, -0.25) is 0 Å². The molecule has 0 aliphatic carbocycles. The molecule has 0 amide bonds. The van der Waals surface area contributed by atoms with E-state index in [0.29, 0.717) is 0 Å². The van der Waals surface area contributed by atoms with Crippen LogP contribution in [0.5, 0.6) is 0 Å². The SMILES string of the molecule is CCOC(=O)C(O[P+](=O)OC(C(=O)OCC)(C(C)C)C(C)C)(C(C)C)C(C)C. The van der Waals surface area contributed by atoms with Crippen LogP contribution in [-0.2, 0) is 32.7 Å². The van der Waals surface area contributed by atoms with Gasteiger partial charge in [0.25, 0.3) is 0 Å². The number of hydrogen-bond acceptors (Lipinski definition) is 7. The van der Waals surface area contributed by atoms with Gasteiger partial charge >= 0.3 is 20.2 Å². The molecule has 0 aliphatic heterocycles. The van der Waals surface area contributed by atoms with Gasteiger partial charge in [0.05, 0.1) is 13.2 Å². The van der Waals surface area contributed by atoms with Crippen LogP contribution in [0.4, 0.5) is 0 Å². The van der Waals surface area contributed by atoms with Gasteiger partial charge in [-0.2, -0.15) is 0 Å². The van der Waals surface area contributed by atoms with Crippen LogP contribution < -0.4 is 0 Å². The molecule has 0 saturated heterocycles. The molecular formula is C20H38O7P+. The minimum Gasteiger partial charge on any atom is -0.464 e. The maximum absolute atomic E-state index is 13.0. The minimum atomic E-state index is -2.82. The molecule has 0 radical (unpaired) electrons. The second-order valence-electron chi connectivity index (χ2n) is 8.05. The van der Waals surface area contributed by atoms with Gasteiger partial charge < -0.3 is 9.47 Å². The smallest absolute Gasteiger partial charge is 0.464 e. The highest BCUT2D eigenvalue weighted by molar-refractivity contribution is 7.33. The lowest BCUT2D eigenvalue weighted by molar-refractivity contribution is -0.178. The Balaban J connectivity index is 6.01. The number of ether oxygens (including phenoxy) is 2. The Kier molecular flexibility index (Phi) is 10.8. The van der Waals surface area contributed by atoms with Crippen molar-refractivity contribution in [2.45, 2.75) is 80.4 Å². The number of rotatable bonds is 12. The van der Waals surface area contributed by atoms with E-state index in [0.717, 1.165) is 0 Å². The fourth-order valence-corrected chi connectivity index (χ4v) is 5.05. The summed E-state index contributed by atoms with van der Waals surface area (Å²) in [6.07, 6.45) is 0. The van der Waals surface area contributed by atoms with Crippen LogP contribution in [0.25, 0.3) is 0 Å². The van der Waals surface area contributed by atoms with Crippen molar-refractivity contribution in [2.24, 2.45) is 23.7 Å². The van der Waals surface area contributed by atoms with E-state index >= 15 is 0 Å². The Morgan fingerprint density at radius 3 is 1.11 bits per heavy atom. The summed E-state index contributed by atoms with van der Waals surface area (Å²) in [4.78, 5) is 25.5. The molecule has 164 valence electrons. The Morgan fingerprint density at radius 1 is 0.679 bits per heavy atom. The van der Waals surface area contributed by atoms with Crippen LogP contribution in [0, 0.1) is 23.7 Å². The molecule has 0 aromatic rings. The Morgan fingerprint density at radius 2 is 0.929 bits per heavy atom. The van der Waals surface area contributed by atoms with Crippen molar-refractivity contribution in [1.82, 2.24) is 0 Å². The normalized spacial score (nSPS) is 12.8. The Labute approximate surface area is 170 Å². The average Bonchev–Trinajstić information content (AvgIpc) is 2.56. The van der Waals surface area contributed by atoms with Crippen molar-refractivity contribution in [3.63, 3.8) is 0 Å². The zero-order valence-corrected chi connectivity index (χ0v) is 19.9. The first-order chi connectivity index (χ1) is 12.8. The molecule has 0 unspecified atom stereocenters. The first-order valence-corrected chi connectivity index (χ1v) is 11.1. The van der Waals surface area contributed by atoms with E-state index in [1.807, 2.05) is 0 Å². The van der Waals surface area contributed by atoms with Crippen molar-refractivity contribution in [3.05, 3.63) is 0 Å². The van der Waals surface area contributed by atoms with Gasteiger partial charge in [-0.1, -0.05) is 64.4 Å². The van der Waals surface area contributed by atoms with Crippen molar-refractivity contribution >= 4 is 20.2 Å². The second kappa shape index (κ2) is 11.2. The van der Waals surface area contributed by atoms with Gasteiger partial charge in [-0.25, -0.2) is 9.59 Å². The van der Waals surface area contributed by atoms with E-state index in [2.05, 4.69) is 0 Å². The van der Waals surface area contributed by atoms with Gasteiger partial charge in [-0.15, -0.1) is 0 Å². The molecule has 0 aromatic carbocycles. The molecule has 0 atom stereocenters. The molecular weight excluding hydrogens is 383 g/mol. The van der Waals surface area contributed by atoms with E-state index in [1.54, 1.807) is 69.2 Å². The number of carbonyl (C=O) groups is 2. The topological polar surface area (TPSA) is 88.1 Å². The van der Waals surface area contributed by atoms with Crippen LogP contribution in [0.15, 0.2) is 0 Å². The molecule has 0 aliphatic rings. The summed E-state index contributed by atoms with van der Waals surface area (Å²) in [5, 5.41) is 0. The maximum atomic E-state index is 13.0. The van der Waals surface area contributed by atoms with Gasteiger partial charge in [-0.05, 0) is 37.5 Å². The fourth-order valence-electron chi connectivity index (χ4n) is 3.53. The zero-order valence-electron chi connectivity index (χ0n) is 19.0. The molecule has 0 spiro atoms. The van der Waals surface area contributed by atoms with Crippen LogP contribution >= 0.6 is 8.25 Å². The van der Waals surface area contributed by atoms with Gasteiger partial charge in [0.1, 0.15) is 0 Å². The first kappa shape index (κ1) is 27.0. The minimum absolute atomic E-state index is 0.172. The molecule has 0 heterocycles. The quantitative estimate of drug-likeness (QED) is 0.327. The summed E-state index contributed by atoms with van der Waals surface area (Å²) in [6.45, 7) is 18.1. The molecule has 0 N–H and O–H groups in total. The summed E-state index contributed by atoms with van der Waals surface area (Å²) < 4.78 is 34.9. The number of hydrogen-bond donors (Lipinski definition) is 0. The number of carbonyl (C=O) groups excluding carboxylic acids is 2. The summed E-state index contributed by atoms with van der Waals surface area (Å²) in [5.74, 6) is -2.51. The Hall–Kier alpha value is -1.04. The molecule has 8 heteroatoms. The highest BCUT2D eigenvalue weighted by Gasteiger charge is 2.60. The van der Waals surface area contributed by atoms with E-state index in [-0.39, 0.29) is 36.9 Å². The zero-order chi connectivity index (χ0) is 22.3. The highest BCUT2D eigenvalue weighted by atomic mass is 31.1. The molecule has 28 heavy (non-hydrogen) atoms. The van der Waals surface area contributed by atoms with Gasteiger partial charge in [0.2, 0.25) is 11.2 Å². The Bertz CT molecular complexity index is 479. The van der Waals surface area contributed by atoms with Crippen LogP contribution in [0.3, 0.4) is 0 Å². The van der Waals surface area contributed by atoms with Crippen LogP contribution in [0.1, 0.15) is 69.2 Å². The molecule has 0 fully saturated rings. The monoisotopic (exact) mass is 421 g/mol. The van der Waals surface area contributed by atoms with Crippen molar-refractivity contribution in [1.29, 1.82) is 0 Å². The summed E-state index contributed by atoms with van der Waals surface area (Å²) in [6, 6.07) is 0. The van der Waals surface area contributed by atoms with Crippen molar-refractivity contribution in [3.8, 4) is 0 Å². The first-order valence-electron chi connectivity index (χ1n) is 10.0. The van der Waals surface area contributed by atoms with E-state index in [9.17, 15) is 14.2 Å². The fraction of sp³-hybridized carbons (Fsp3) is 0.900. The van der Waals surface area contributed by atoms with Crippen molar-refractivity contribution in [2.75, 3.05) is 13.2 Å². The molecule has 0 aromatic heterocycles. The predicted molar refractivity (Wildman–Crippen MR) is 108 cm³/mol. The average molecular weight is 421 g/mol. The van der Waals surface area contributed by atoms with E-state index in [4.69, 9.17) is 18.5 Å². The molecule has 0 saturated carbocycles. The predicted octanol–water partition coefficient (Wildman–Crippen LogP) is 4.90. The third-order valence-corrected chi connectivity index (χ3v) is 5.97. The summed E-state index contributed by atoms with van der Waals surface area (Å²) in [5.41, 5.74) is -2.92. The number of esters is 2. The van der Waals surface area contributed by atoms with E-state index in [1.165, 1.54) is 0 Å². The van der Waals surface area contributed by atoms with Crippen molar-refractivity contribution < 1.29 is 32.7 Å². The van der Waals surface area contributed by atoms with E-state index < -0.39 is 31.4 Å². The van der Waals surface area contributed by atoms with Crippen LogP contribution in [0.2, 0.25) is 0 Å². The maximum Gasteiger partial charge on any atom is 0.699 e. The lowest BCUT2D eigenvalue weighted by Crippen LogP contribution is -2.53. The summed E-state index contributed by atoms with van der Waals surface area (Å²) in [7, 11) is -2.82. The van der Waals surface area contributed by atoms with Gasteiger partial charge in [0, 0.05) is 4.57 Å². The third kappa shape index (κ3) is 5.52. The summed E-state index contributed by atoms with van der Waals surface area (Å²) >= 11 is 0.